The van der Waals surface area contributed by atoms with E-state index in [0.29, 0.717) is 5.92 Å². The fourth-order valence-corrected chi connectivity index (χ4v) is 4.01. The first-order valence-corrected chi connectivity index (χ1v) is 14.1. The number of allylic oxidation sites excluding steroid dienone is 1. The van der Waals surface area contributed by atoms with E-state index in [1.54, 1.807) is 0 Å². The Labute approximate surface area is 191 Å². The van der Waals surface area contributed by atoms with Crippen molar-refractivity contribution in [1.82, 2.24) is 0 Å². The summed E-state index contributed by atoms with van der Waals surface area (Å²) in [7, 11) is 9.78. The van der Waals surface area contributed by atoms with Crippen LogP contribution in [0.5, 0.6) is 0 Å². The van der Waals surface area contributed by atoms with E-state index in [-0.39, 0.29) is 5.54 Å². The first-order valence-electron chi connectivity index (χ1n) is 9.78. The molecule has 1 atom stereocenters. The SMILES string of the molecule is CC1=Cc2ccccc2C1c1ccc2ccccc2c1C[N-]C(C)(C)C.[Cl][Ti][Cl]. The minimum atomic E-state index is -0.556. The monoisotopic (exact) mass is 458 g/mol. The molecule has 3 aromatic carbocycles. The summed E-state index contributed by atoms with van der Waals surface area (Å²) in [5.41, 5.74) is 6.91. The van der Waals surface area contributed by atoms with E-state index in [1.165, 1.54) is 38.6 Å². The molecule has 4 heteroatoms. The maximum atomic E-state index is 4.97. The summed E-state index contributed by atoms with van der Waals surface area (Å²) in [5.74, 6) is 0.334. The summed E-state index contributed by atoms with van der Waals surface area (Å²) in [6.07, 6.45) is 2.33. The number of rotatable bonds is 3. The summed E-state index contributed by atoms with van der Waals surface area (Å²) in [4.78, 5) is 0. The van der Waals surface area contributed by atoms with Crippen molar-refractivity contribution in [1.29, 1.82) is 0 Å². The molecule has 0 aliphatic heterocycles. The topological polar surface area (TPSA) is 14.1 Å². The Kier molecular flexibility index (Phi) is 7.65. The maximum absolute atomic E-state index is 4.97. The van der Waals surface area contributed by atoms with Crippen molar-refractivity contribution >= 4 is 35.5 Å². The summed E-state index contributed by atoms with van der Waals surface area (Å²) in [5, 5.41) is 7.59. The quantitative estimate of drug-likeness (QED) is 0.349. The number of benzene rings is 3. The Morgan fingerprint density at radius 2 is 1.55 bits per heavy atom. The molecule has 0 heterocycles. The molecule has 1 nitrogen and oxygen atoms in total. The molecule has 29 heavy (non-hydrogen) atoms. The van der Waals surface area contributed by atoms with Crippen LogP contribution in [0.1, 0.15) is 55.9 Å². The second kappa shape index (κ2) is 9.81. The van der Waals surface area contributed by atoms with Crippen molar-refractivity contribution in [2.45, 2.75) is 45.7 Å². The molecule has 3 aromatic rings. The normalized spacial score (nSPS) is 15.4. The van der Waals surface area contributed by atoms with E-state index in [1.807, 2.05) is 0 Å². The van der Waals surface area contributed by atoms with Crippen LogP contribution in [-0.4, -0.2) is 5.54 Å². The van der Waals surface area contributed by atoms with E-state index in [0.717, 1.165) is 6.54 Å². The van der Waals surface area contributed by atoms with Gasteiger partial charge in [-0.2, -0.15) is 0 Å². The van der Waals surface area contributed by atoms with E-state index in [4.69, 9.17) is 23.9 Å². The predicted molar refractivity (Wildman–Crippen MR) is 124 cm³/mol. The van der Waals surface area contributed by atoms with Crippen LogP contribution in [0.25, 0.3) is 22.2 Å². The van der Waals surface area contributed by atoms with E-state index < -0.39 is 17.0 Å². The molecule has 0 saturated carbocycles. The summed E-state index contributed by atoms with van der Waals surface area (Å²) < 4.78 is 0. The summed E-state index contributed by atoms with van der Waals surface area (Å²) in [6.45, 7) is 9.53. The van der Waals surface area contributed by atoms with Crippen LogP contribution in [0.4, 0.5) is 0 Å². The van der Waals surface area contributed by atoms with Crippen LogP contribution in [0.2, 0.25) is 0 Å². The van der Waals surface area contributed by atoms with E-state index >= 15 is 0 Å². The van der Waals surface area contributed by atoms with Crippen molar-refractivity contribution in [2.24, 2.45) is 0 Å². The molecule has 0 fully saturated rings. The first-order chi connectivity index (χ1) is 13.9. The van der Waals surface area contributed by atoms with Gasteiger partial charge in [0, 0.05) is 5.92 Å². The standard InChI is InChI=1S/C25H26N.2ClH.Ti/c1-17-15-19-10-6-8-12-21(19)24(17)22-14-13-18-9-5-7-11-20(18)23(22)16-26-25(2,3)4;;;/h5-15,24H,16H2,1-4H3;2*1H;/q-1;;;+2/p-2. The third-order valence-electron chi connectivity index (χ3n) is 5.24. The van der Waals surface area contributed by atoms with Gasteiger partial charge in [-0.15, -0.1) is 12.1 Å². The van der Waals surface area contributed by atoms with E-state index in [9.17, 15) is 0 Å². The molecule has 150 valence electrons. The molecule has 1 unspecified atom stereocenters. The molecule has 0 saturated heterocycles. The Bertz CT molecular complexity index is 1020. The van der Waals surface area contributed by atoms with Gasteiger partial charge in [0.25, 0.3) is 0 Å². The Balaban J connectivity index is 0.000000755. The molecular weight excluding hydrogens is 433 g/mol. The molecule has 1 aliphatic rings. The van der Waals surface area contributed by atoms with Crippen molar-refractivity contribution in [3.05, 3.63) is 93.8 Å². The van der Waals surface area contributed by atoms with Gasteiger partial charge in [0.05, 0.1) is 0 Å². The van der Waals surface area contributed by atoms with Gasteiger partial charge in [0.2, 0.25) is 0 Å². The van der Waals surface area contributed by atoms with Crippen molar-refractivity contribution in [3.63, 3.8) is 0 Å². The zero-order valence-electron chi connectivity index (χ0n) is 17.3. The van der Waals surface area contributed by atoms with Gasteiger partial charge >= 0.3 is 35.6 Å². The Hall–Kier alpha value is -1.09. The minimum absolute atomic E-state index is 0.0350. The molecular formula is C25H26Cl2NTi-. The van der Waals surface area contributed by atoms with Gasteiger partial charge in [-0.25, -0.2) is 0 Å². The number of halogens is 2. The van der Waals surface area contributed by atoms with Crippen molar-refractivity contribution < 1.29 is 17.0 Å². The second-order valence-corrected chi connectivity index (χ2v) is 10.9. The molecule has 4 rings (SSSR count). The van der Waals surface area contributed by atoms with Gasteiger partial charge in [-0.05, 0) is 34.4 Å². The third-order valence-corrected chi connectivity index (χ3v) is 5.24. The van der Waals surface area contributed by atoms with Gasteiger partial charge < -0.3 is 5.32 Å². The number of hydrogen-bond acceptors (Lipinski definition) is 0. The van der Waals surface area contributed by atoms with Gasteiger partial charge in [-0.3, -0.25) is 0 Å². The molecule has 0 aromatic heterocycles. The van der Waals surface area contributed by atoms with Crippen LogP contribution in [0, 0.1) is 0 Å². The fourth-order valence-electron chi connectivity index (χ4n) is 4.01. The van der Waals surface area contributed by atoms with Gasteiger partial charge in [-0.1, -0.05) is 98.6 Å². The van der Waals surface area contributed by atoms with Crippen LogP contribution in [0.15, 0.2) is 66.2 Å². The molecule has 0 radical (unpaired) electrons. The van der Waals surface area contributed by atoms with Gasteiger partial charge in [0.1, 0.15) is 0 Å². The molecule has 0 amide bonds. The zero-order chi connectivity index (χ0) is 21.0. The Morgan fingerprint density at radius 1 is 0.897 bits per heavy atom. The predicted octanol–water partition coefficient (Wildman–Crippen LogP) is 8.44. The summed E-state index contributed by atoms with van der Waals surface area (Å²) in [6, 6.07) is 22.0. The molecule has 0 bridgehead atoms. The number of hydrogen-bond donors (Lipinski definition) is 0. The second-order valence-electron chi connectivity index (χ2n) is 8.36. The molecule has 0 spiro atoms. The first kappa shape index (κ1) is 22.6. The third kappa shape index (κ3) is 5.34. The number of fused-ring (bicyclic) bond motifs is 2. The van der Waals surface area contributed by atoms with Crippen molar-refractivity contribution in [3.8, 4) is 0 Å². The van der Waals surface area contributed by atoms with Gasteiger partial charge in [0.15, 0.2) is 0 Å². The van der Waals surface area contributed by atoms with Crippen LogP contribution in [-0.2, 0) is 23.6 Å². The Morgan fingerprint density at radius 3 is 2.28 bits per heavy atom. The molecule has 0 N–H and O–H groups in total. The van der Waals surface area contributed by atoms with Crippen molar-refractivity contribution in [2.75, 3.05) is 0 Å². The van der Waals surface area contributed by atoms with Crippen LogP contribution >= 0.6 is 18.6 Å². The zero-order valence-corrected chi connectivity index (χ0v) is 20.4. The van der Waals surface area contributed by atoms with E-state index in [2.05, 4.69) is 94.4 Å². The average Bonchev–Trinajstić information content (AvgIpc) is 3.01. The number of nitrogens with zero attached hydrogens (tertiary/aromatic N) is 1. The van der Waals surface area contributed by atoms with Crippen LogP contribution < -0.4 is 0 Å². The van der Waals surface area contributed by atoms with Crippen LogP contribution in [0.3, 0.4) is 0 Å². The fraction of sp³-hybridized carbons (Fsp3) is 0.280. The average molecular weight is 459 g/mol. The molecule has 1 aliphatic carbocycles. The summed E-state index contributed by atoms with van der Waals surface area (Å²) >= 11 is -0.556.